The summed E-state index contributed by atoms with van der Waals surface area (Å²) in [7, 11) is 6.39. The highest BCUT2D eigenvalue weighted by molar-refractivity contribution is 6.40. The van der Waals surface area contributed by atoms with Crippen LogP contribution >= 0.6 is 46.4 Å². The number of nitrogens with zero attached hydrogens (tertiary/aromatic N) is 6. The average molecular weight is 2090 g/mol. The van der Waals surface area contributed by atoms with Crippen LogP contribution in [0.25, 0.3) is 22.7 Å². The summed E-state index contributed by atoms with van der Waals surface area (Å²) in [6.45, 7) is -3.46. The number of benzene rings is 6. The van der Waals surface area contributed by atoms with Crippen LogP contribution in [0, 0.1) is 58.2 Å². The number of anilines is 3. The molecular formula is C110H120Cl4F6N10O16. The van der Waals surface area contributed by atoms with Gasteiger partial charge in [-0.2, -0.15) is 36.9 Å². The topological polar surface area (TPSA) is 340 Å². The number of ether oxygens (including phenoxy) is 11. The fourth-order valence-corrected chi connectivity index (χ4v) is 20.6. The molecule has 0 radical (unpaired) electrons. The molecule has 7 atom stereocenters. The predicted molar refractivity (Wildman–Crippen MR) is 547 cm³/mol. The van der Waals surface area contributed by atoms with Crippen LogP contribution in [0.3, 0.4) is 0 Å². The number of nitriles is 2. The lowest BCUT2D eigenvalue weighted by Crippen LogP contribution is -2.34. The van der Waals surface area contributed by atoms with Crippen molar-refractivity contribution >= 4 is 110 Å². The van der Waals surface area contributed by atoms with Crippen LogP contribution in [0.4, 0.5) is 43.4 Å². The normalized spacial score (nSPS) is 19.9. The van der Waals surface area contributed by atoms with E-state index in [1.165, 1.54) is 95.0 Å². The Hall–Kier alpha value is -12.7. The van der Waals surface area contributed by atoms with Crippen LogP contribution in [-0.2, 0) is 31.7 Å². The number of aryl methyl sites for hydroxylation is 1. The first-order chi connectivity index (χ1) is 70.4. The maximum Gasteiger partial charge on any atom is 0.387 e. The van der Waals surface area contributed by atoms with Gasteiger partial charge in [0.15, 0.2) is 57.5 Å². The van der Waals surface area contributed by atoms with Gasteiger partial charge in [0, 0.05) is 83.4 Å². The van der Waals surface area contributed by atoms with Gasteiger partial charge >= 0.3 is 25.8 Å². The second kappa shape index (κ2) is 53.1. The number of nitrogens with two attached hydrogens (primary N) is 1. The maximum absolute atomic E-state index is 12.6. The number of alkyl halides is 6. The largest absolute Gasteiger partial charge is 0.493 e. The Bertz CT molecular complexity index is 6300. The molecule has 6 aromatic carbocycles. The molecule has 26 nitrogen and oxygen atoms in total. The first-order valence-corrected chi connectivity index (χ1v) is 50.6. The van der Waals surface area contributed by atoms with Gasteiger partial charge < -0.3 is 73.8 Å². The molecule has 7 aliphatic carbocycles. The molecule has 776 valence electrons. The molecule has 5 heterocycles. The average Bonchev–Trinajstić information content (AvgIpc) is 0.943. The van der Waals surface area contributed by atoms with Crippen molar-refractivity contribution in [2.24, 2.45) is 41.2 Å². The van der Waals surface area contributed by atoms with Gasteiger partial charge in [-0.05, 0) is 297 Å². The summed E-state index contributed by atoms with van der Waals surface area (Å²) in [6.07, 6.45) is 35.7. The van der Waals surface area contributed by atoms with Crippen molar-refractivity contribution in [2.75, 3.05) is 57.5 Å². The molecule has 146 heavy (non-hydrogen) atoms. The lowest BCUT2D eigenvalue weighted by Gasteiger charge is -2.36. The van der Waals surface area contributed by atoms with E-state index in [-0.39, 0.29) is 95.8 Å². The fourth-order valence-electron chi connectivity index (χ4n) is 19.7. The second-order valence-electron chi connectivity index (χ2n) is 37.8. The van der Waals surface area contributed by atoms with Gasteiger partial charge in [0.2, 0.25) is 0 Å². The summed E-state index contributed by atoms with van der Waals surface area (Å²) in [4.78, 5) is 72.4. The number of aromatic nitrogens is 4. The first-order valence-electron chi connectivity index (χ1n) is 49.1. The van der Waals surface area contributed by atoms with E-state index in [9.17, 15) is 60.8 Å². The molecule has 36 heteroatoms. The van der Waals surface area contributed by atoms with Crippen molar-refractivity contribution in [2.45, 2.75) is 230 Å². The number of rotatable bonds is 31. The molecule has 2 unspecified atom stereocenters. The fraction of sp³-hybridized carbons (Fsp3) is 0.436. The quantitative estimate of drug-likeness (QED) is 0.0178. The van der Waals surface area contributed by atoms with E-state index in [1.807, 2.05) is 103 Å². The number of fused-ring (bicyclic) bond motifs is 4. The maximum atomic E-state index is 12.6. The predicted octanol–water partition coefficient (Wildman–Crippen LogP) is 25.9. The molecule has 8 aliphatic rings. The van der Waals surface area contributed by atoms with Crippen LogP contribution in [-0.4, -0.2) is 123 Å². The zero-order valence-corrected chi connectivity index (χ0v) is 85.1. The Morgan fingerprint density at radius 1 is 0.541 bits per heavy atom. The number of pyridine rings is 4. The standard InChI is InChI=1S/C23H23NO3.C22H29NO4.C20H28N2O2.C18H16Cl2F2N2O3.C14H8Cl2F4N2O3.C13H16N2O/c1-26-20-9-7-15(11-18-17-4-2-3-5-19(17)24-23(18)25)13-22(20)27-21-12-14-6-8-16(21)10-14;1-25-19-10-9-17(13-20(19)27-18-7-3-4-8-18)22(15-23)11-5-6-16(14-22)12-21(24)26-2;1-23-18-9-8-16(11-19(18)24-17-6-2-3-7-17)20(14-22)10-4-5-15(12-20)13-21;19-12-7-23-8-13(20)16(12)24-17(25)11-4-5-14(27-18(21)22)15(6-11)26-9-10-2-1-3-10;15-7-4-21-5-8(16)11(7)22-12(23)6-1-2-9(24-13(17)18)10(3-6)25-14(19)20;1-10(2)7-9-15-12(16)6-5-11-4-3-8-14-13(11)15/h2-5,7,9,11,13-14,16,21H,6,8,10,12H2,1H3,(H,24,25);9-10,13,16,18H,3-8,11-12,14H2,1-2H3;8-9,11,15,17H,2-7,10,12-13,21H2,1H3;4-8,10,18H,1-3,9H2,(H,23,24,25);1-5,13-14H,(H,21,22,23);3-6,8,10H,7,9H2,1-2H3/b18-11+;;;;;/t14?,16?,21-;16-,22+;15-,20-;;;/m001.../s1. The summed E-state index contributed by atoms with van der Waals surface area (Å²) >= 11 is 23.7. The van der Waals surface area contributed by atoms with E-state index in [2.05, 4.69) is 71.1 Å². The molecular weight excluding hydrogens is 1970 g/mol. The van der Waals surface area contributed by atoms with E-state index in [0.717, 1.165) is 201 Å². The number of hydrogen-bond acceptors (Lipinski definition) is 22. The van der Waals surface area contributed by atoms with Crippen molar-refractivity contribution in [1.29, 1.82) is 10.5 Å². The molecule has 3 amide bonds. The summed E-state index contributed by atoms with van der Waals surface area (Å²) < 4.78 is 135. The number of nitrogens with one attached hydrogen (secondary N) is 3. The van der Waals surface area contributed by atoms with E-state index in [0.29, 0.717) is 61.0 Å². The van der Waals surface area contributed by atoms with Gasteiger partial charge in [-0.3, -0.25) is 38.5 Å². The van der Waals surface area contributed by atoms with Crippen molar-refractivity contribution < 1.29 is 97.6 Å². The van der Waals surface area contributed by atoms with Crippen LogP contribution in [0.5, 0.6) is 57.5 Å². The van der Waals surface area contributed by atoms with Gasteiger partial charge in [0.25, 0.3) is 23.3 Å². The monoisotopic (exact) mass is 2090 g/mol. The number of carbonyl (C=O) groups excluding carboxylic acids is 4. The lowest BCUT2D eigenvalue weighted by atomic mass is 9.66. The summed E-state index contributed by atoms with van der Waals surface area (Å²) in [5, 5.41) is 29.3. The summed E-state index contributed by atoms with van der Waals surface area (Å²) in [5.41, 5.74) is 11.4. The van der Waals surface area contributed by atoms with Crippen LogP contribution in [0.2, 0.25) is 20.1 Å². The number of amides is 3. The van der Waals surface area contributed by atoms with E-state index in [1.54, 1.807) is 38.2 Å². The first kappa shape index (κ1) is 110. The van der Waals surface area contributed by atoms with Gasteiger partial charge in [0.1, 0.15) is 11.8 Å². The molecule has 4 aromatic heterocycles. The molecule has 10 aromatic rings. The number of methoxy groups -OCH3 is 4. The number of esters is 1. The SMILES string of the molecule is CC(C)CCn1c(=O)ccc2cccnc21.COC(=O)C[C@@H]1CCC[C@@](C#N)(c2ccc(OC)c(OC3CCCC3)c2)C1.COc1ccc(/C=C2/C(=O)Nc3ccccc32)cc1O[C@H]1CC2CCC1C2.COc1ccc([C@]2(C#N)CCC[C@@H](CN)C2)cc1OC1CCCC1.O=C(Nc1c(Cl)cncc1Cl)c1ccc(OC(F)F)c(OC(F)F)c1.O=C(Nc1c(Cl)cncc1Cl)c1ccc(OC(F)F)c(OCC2CCC2)c1. The van der Waals surface area contributed by atoms with Gasteiger partial charge in [-0.15, -0.1) is 0 Å². The van der Waals surface area contributed by atoms with E-state index < -0.39 is 54.0 Å². The Morgan fingerprint density at radius 3 is 1.55 bits per heavy atom. The minimum Gasteiger partial charge on any atom is -0.493 e. The number of halogens is 10. The molecule has 7 saturated carbocycles. The van der Waals surface area contributed by atoms with Crippen LogP contribution in [0.1, 0.15) is 217 Å². The molecule has 0 spiro atoms. The Labute approximate surface area is 864 Å². The van der Waals surface area contributed by atoms with Crippen LogP contribution < -0.4 is 74.6 Å². The number of hydrogen-bond donors (Lipinski definition) is 4. The van der Waals surface area contributed by atoms with Crippen molar-refractivity contribution in [3.63, 3.8) is 0 Å². The number of carbonyl (C=O) groups is 4. The second-order valence-corrected chi connectivity index (χ2v) is 39.4. The molecule has 0 saturated heterocycles. The minimum absolute atomic E-state index is 0.0341. The lowest BCUT2D eigenvalue weighted by molar-refractivity contribution is -0.142. The molecule has 5 N–H and O–H groups in total. The smallest absolute Gasteiger partial charge is 0.387 e. The third kappa shape index (κ3) is 29.6. The zero-order valence-electron chi connectivity index (χ0n) is 82.0. The highest BCUT2D eigenvalue weighted by Crippen LogP contribution is 2.51. The highest BCUT2D eigenvalue weighted by atomic mass is 35.5. The zero-order chi connectivity index (χ0) is 104. The van der Waals surface area contributed by atoms with E-state index >= 15 is 0 Å². The summed E-state index contributed by atoms with van der Waals surface area (Å²) in [5.74, 6) is 4.58. The van der Waals surface area contributed by atoms with Gasteiger partial charge in [-0.1, -0.05) is 116 Å². The summed E-state index contributed by atoms with van der Waals surface area (Å²) in [6, 6.07) is 44.8. The van der Waals surface area contributed by atoms with Crippen molar-refractivity contribution in [1.82, 2.24) is 19.5 Å². The third-order valence-corrected chi connectivity index (χ3v) is 28.7. The Balaban J connectivity index is 0.000000147. The molecule has 1 aliphatic heterocycles. The van der Waals surface area contributed by atoms with Gasteiger partial charge in [-0.25, -0.2) is 4.98 Å². The van der Waals surface area contributed by atoms with E-state index in [4.69, 9.17) is 90.0 Å². The minimum atomic E-state index is -3.30. The Kier molecular flexibility index (Phi) is 40.2. The van der Waals surface area contributed by atoms with Crippen LogP contribution in [0.15, 0.2) is 175 Å². The van der Waals surface area contributed by atoms with Crippen molar-refractivity contribution in [3.8, 4) is 69.6 Å². The number of para-hydroxylation sites is 1. The third-order valence-electron chi connectivity index (χ3n) is 27.6. The highest BCUT2D eigenvalue weighted by Gasteiger charge is 2.44. The Morgan fingerprint density at radius 2 is 1.05 bits per heavy atom. The molecule has 2 bridgehead atoms. The molecule has 18 rings (SSSR count). The van der Waals surface area contributed by atoms with Crippen molar-refractivity contribution in [3.05, 3.63) is 234 Å². The molecule has 7 fully saturated rings. The van der Waals surface area contributed by atoms with Gasteiger partial charge in [0.05, 0.1) is 102 Å².